The predicted octanol–water partition coefficient (Wildman–Crippen LogP) is 4.23. The third-order valence-electron chi connectivity index (χ3n) is 4.90. The van der Waals surface area contributed by atoms with Crippen LogP contribution in [0, 0.1) is 6.07 Å². The fourth-order valence-electron chi connectivity index (χ4n) is 3.50. The van der Waals surface area contributed by atoms with Crippen molar-refractivity contribution in [3.8, 4) is 0 Å². The molecule has 0 saturated carbocycles. The van der Waals surface area contributed by atoms with Gasteiger partial charge in [0.1, 0.15) is 11.8 Å². The zero-order valence-electron chi connectivity index (χ0n) is 15.5. The summed E-state index contributed by atoms with van der Waals surface area (Å²) in [5, 5.41) is 13.3. The van der Waals surface area contributed by atoms with Gasteiger partial charge < -0.3 is 5.32 Å². The maximum atomic E-state index is 4.56. The third kappa shape index (κ3) is 2.89. The SMILES string of the molecule is CCc1[c]cn2ncnc(Nc3ccc4c(cnn4Cc4ccccc4)c3)c12. The molecule has 1 N–H and O–H groups in total. The van der Waals surface area contributed by atoms with E-state index in [9.17, 15) is 0 Å². The molecule has 0 unspecified atom stereocenters. The van der Waals surface area contributed by atoms with Gasteiger partial charge in [0.25, 0.3) is 0 Å². The lowest BCUT2D eigenvalue weighted by Crippen LogP contribution is -2.02. The smallest absolute Gasteiger partial charge is 0.158 e. The van der Waals surface area contributed by atoms with Crippen LogP contribution in [0.5, 0.6) is 0 Å². The largest absolute Gasteiger partial charge is 0.338 e. The molecule has 3 heterocycles. The van der Waals surface area contributed by atoms with Crippen molar-refractivity contribution in [3.05, 3.63) is 84.4 Å². The highest BCUT2D eigenvalue weighted by molar-refractivity contribution is 5.85. The minimum Gasteiger partial charge on any atom is -0.338 e. The molecule has 2 aromatic carbocycles. The molecular formula is C22H19N6. The fourth-order valence-corrected chi connectivity index (χ4v) is 3.50. The number of benzene rings is 2. The Balaban J connectivity index is 1.47. The average Bonchev–Trinajstić information content (AvgIpc) is 3.33. The van der Waals surface area contributed by atoms with Gasteiger partial charge in [-0.1, -0.05) is 37.3 Å². The molecule has 0 aliphatic carbocycles. The standard InChI is InChI=1S/C22H19N6/c1-2-17-10-11-27-21(17)22(23-15-25-27)26-19-8-9-20-18(12-19)13-24-28(20)14-16-6-4-3-5-7-16/h3-9,11-13,15H,2,14H2,1H3,(H,23,25,26). The fraction of sp³-hybridized carbons (Fsp3) is 0.136. The van der Waals surface area contributed by atoms with Crippen LogP contribution >= 0.6 is 0 Å². The van der Waals surface area contributed by atoms with Gasteiger partial charge in [-0.15, -0.1) is 0 Å². The first kappa shape index (κ1) is 16.5. The normalized spacial score (nSPS) is 11.3. The Morgan fingerprint density at radius 1 is 1.07 bits per heavy atom. The monoisotopic (exact) mass is 367 g/mol. The molecule has 0 fully saturated rings. The van der Waals surface area contributed by atoms with Gasteiger partial charge >= 0.3 is 0 Å². The summed E-state index contributed by atoms with van der Waals surface area (Å²) in [5.74, 6) is 0.782. The molecule has 3 aromatic heterocycles. The van der Waals surface area contributed by atoms with E-state index in [0.717, 1.165) is 46.5 Å². The lowest BCUT2D eigenvalue weighted by atomic mass is 10.2. The highest BCUT2D eigenvalue weighted by atomic mass is 15.3. The molecular weight excluding hydrogens is 348 g/mol. The molecule has 0 aliphatic rings. The van der Waals surface area contributed by atoms with Crippen LogP contribution < -0.4 is 5.32 Å². The average molecular weight is 367 g/mol. The zero-order chi connectivity index (χ0) is 18.9. The van der Waals surface area contributed by atoms with Crippen molar-refractivity contribution >= 4 is 27.9 Å². The van der Waals surface area contributed by atoms with E-state index in [1.165, 1.54) is 5.56 Å². The summed E-state index contributed by atoms with van der Waals surface area (Å²) >= 11 is 0. The Morgan fingerprint density at radius 2 is 1.96 bits per heavy atom. The molecule has 28 heavy (non-hydrogen) atoms. The zero-order valence-corrected chi connectivity index (χ0v) is 15.5. The third-order valence-corrected chi connectivity index (χ3v) is 4.90. The molecule has 0 atom stereocenters. The lowest BCUT2D eigenvalue weighted by molar-refractivity contribution is 0.712. The topological polar surface area (TPSA) is 60.0 Å². The molecule has 0 spiro atoms. The van der Waals surface area contributed by atoms with Crippen LogP contribution in [0.25, 0.3) is 16.4 Å². The highest BCUT2D eigenvalue weighted by Crippen LogP contribution is 2.25. The quantitative estimate of drug-likeness (QED) is 0.505. The Kier molecular flexibility index (Phi) is 4.01. The summed E-state index contributed by atoms with van der Waals surface area (Å²) in [6.45, 7) is 2.86. The van der Waals surface area contributed by atoms with E-state index >= 15 is 0 Å². The van der Waals surface area contributed by atoms with Crippen LogP contribution in [0.2, 0.25) is 0 Å². The number of hydrogen-bond donors (Lipinski definition) is 1. The summed E-state index contributed by atoms with van der Waals surface area (Å²) in [4.78, 5) is 4.44. The van der Waals surface area contributed by atoms with Gasteiger partial charge in [0.05, 0.1) is 18.3 Å². The molecule has 0 aliphatic heterocycles. The first-order chi connectivity index (χ1) is 13.8. The number of nitrogens with one attached hydrogen (secondary N) is 1. The number of rotatable bonds is 5. The Morgan fingerprint density at radius 3 is 2.82 bits per heavy atom. The summed E-state index contributed by atoms with van der Waals surface area (Å²) in [7, 11) is 0. The van der Waals surface area contributed by atoms with Crippen molar-refractivity contribution in [2.45, 2.75) is 19.9 Å². The van der Waals surface area contributed by atoms with E-state index < -0.39 is 0 Å². The minimum atomic E-state index is 0.753. The number of hydrogen-bond acceptors (Lipinski definition) is 4. The van der Waals surface area contributed by atoms with E-state index in [4.69, 9.17) is 0 Å². The van der Waals surface area contributed by atoms with E-state index in [-0.39, 0.29) is 0 Å². The van der Waals surface area contributed by atoms with E-state index in [1.54, 1.807) is 6.33 Å². The highest BCUT2D eigenvalue weighted by Gasteiger charge is 2.10. The second-order valence-corrected chi connectivity index (χ2v) is 6.69. The number of fused-ring (bicyclic) bond motifs is 2. The van der Waals surface area contributed by atoms with Crippen LogP contribution in [-0.4, -0.2) is 24.4 Å². The molecule has 0 saturated heterocycles. The number of nitrogens with zero attached hydrogens (tertiary/aromatic N) is 5. The molecule has 0 bridgehead atoms. The Labute approximate surface area is 162 Å². The molecule has 6 heteroatoms. The number of aryl methyl sites for hydroxylation is 1. The second-order valence-electron chi connectivity index (χ2n) is 6.69. The second kappa shape index (κ2) is 6.81. The van der Waals surface area contributed by atoms with Crippen molar-refractivity contribution in [1.82, 2.24) is 24.4 Å². The van der Waals surface area contributed by atoms with Crippen LogP contribution in [0.15, 0.2) is 67.3 Å². The van der Waals surface area contributed by atoms with E-state index in [0.29, 0.717) is 0 Å². The van der Waals surface area contributed by atoms with Gasteiger partial charge in [0.15, 0.2) is 5.82 Å². The molecule has 1 radical (unpaired) electrons. The Bertz CT molecular complexity index is 1250. The van der Waals surface area contributed by atoms with Crippen molar-refractivity contribution in [2.24, 2.45) is 0 Å². The van der Waals surface area contributed by atoms with Crippen molar-refractivity contribution < 1.29 is 0 Å². The number of anilines is 2. The van der Waals surface area contributed by atoms with Crippen molar-refractivity contribution in [3.63, 3.8) is 0 Å². The Hall–Kier alpha value is -3.67. The van der Waals surface area contributed by atoms with Crippen LogP contribution in [0.1, 0.15) is 18.1 Å². The summed E-state index contributed by atoms with van der Waals surface area (Å²) in [5.41, 5.74) is 5.36. The minimum absolute atomic E-state index is 0.753. The first-order valence-corrected chi connectivity index (χ1v) is 9.31. The first-order valence-electron chi connectivity index (χ1n) is 9.31. The summed E-state index contributed by atoms with van der Waals surface area (Å²) in [6, 6.07) is 19.9. The lowest BCUT2D eigenvalue weighted by Gasteiger charge is -2.09. The van der Waals surface area contributed by atoms with E-state index in [2.05, 4.69) is 76.0 Å². The van der Waals surface area contributed by atoms with Gasteiger partial charge in [-0.2, -0.15) is 10.2 Å². The predicted molar refractivity (Wildman–Crippen MR) is 110 cm³/mol. The molecule has 137 valence electrons. The maximum Gasteiger partial charge on any atom is 0.158 e. The maximum absolute atomic E-state index is 4.56. The molecule has 0 amide bonds. The molecule has 6 nitrogen and oxygen atoms in total. The van der Waals surface area contributed by atoms with Gasteiger partial charge in [0.2, 0.25) is 0 Å². The van der Waals surface area contributed by atoms with Crippen molar-refractivity contribution in [2.75, 3.05) is 5.32 Å². The van der Waals surface area contributed by atoms with Gasteiger partial charge in [0, 0.05) is 23.3 Å². The van der Waals surface area contributed by atoms with Crippen LogP contribution in [-0.2, 0) is 13.0 Å². The number of aromatic nitrogens is 5. The van der Waals surface area contributed by atoms with E-state index in [1.807, 2.05) is 27.7 Å². The molecule has 5 aromatic rings. The van der Waals surface area contributed by atoms with Gasteiger partial charge in [-0.3, -0.25) is 4.68 Å². The summed E-state index contributed by atoms with van der Waals surface area (Å²) in [6.07, 6.45) is 6.18. The van der Waals surface area contributed by atoms with Gasteiger partial charge in [-0.05, 0) is 35.7 Å². The van der Waals surface area contributed by atoms with Crippen LogP contribution in [0.3, 0.4) is 0 Å². The van der Waals surface area contributed by atoms with Crippen molar-refractivity contribution in [1.29, 1.82) is 0 Å². The molecule has 5 rings (SSSR count). The van der Waals surface area contributed by atoms with Crippen LogP contribution in [0.4, 0.5) is 11.5 Å². The van der Waals surface area contributed by atoms with Gasteiger partial charge in [-0.25, -0.2) is 9.50 Å². The summed E-state index contributed by atoms with van der Waals surface area (Å²) < 4.78 is 3.83.